The van der Waals surface area contributed by atoms with Gasteiger partial charge in [-0.25, -0.2) is 9.78 Å². The van der Waals surface area contributed by atoms with Crippen LogP contribution >= 0.6 is 15.9 Å². The number of carboxylic acids is 1. The van der Waals surface area contributed by atoms with Gasteiger partial charge in [-0.2, -0.15) is 0 Å². The number of nitrogens with zero attached hydrogens (tertiary/aromatic N) is 5. The van der Waals surface area contributed by atoms with Gasteiger partial charge in [0.05, 0.1) is 19.5 Å². The second-order valence-corrected chi connectivity index (χ2v) is 28.9. The summed E-state index contributed by atoms with van der Waals surface area (Å²) in [5.41, 5.74) is 27.3. The van der Waals surface area contributed by atoms with Crippen molar-refractivity contribution in [3.05, 3.63) is 52.5 Å². The number of H-pyrrole nitrogens is 1. The van der Waals surface area contributed by atoms with Gasteiger partial charge in [0.15, 0.2) is 11.9 Å². The second-order valence-electron chi connectivity index (χ2n) is 28.0. The number of carbonyl (C=O) groups excluding carboxylic acids is 13. The number of unbranched alkanes of at least 4 members (excludes halogenated alkanes) is 2. The van der Waals surface area contributed by atoms with Gasteiger partial charge in [-0.3, -0.25) is 72.3 Å². The van der Waals surface area contributed by atoms with Gasteiger partial charge in [0.2, 0.25) is 76.8 Å². The highest BCUT2D eigenvalue weighted by molar-refractivity contribution is 9.10. The topological polar surface area (TPSA) is 602 Å². The van der Waals surface area contributed by atoms with Gasteiger partial charge in [0.1, 0.15) is 72.0 Å². The van der Waals surface area contributed by atoms with Crippen molar-refractivity contribution in [1.29, 1.82) is 0 Å². The molecule has 1 aromatic carbocycles. The number of aromatic amines is 1. The van der Waals surface area contributed by atoms with E-state index in [2.05, 4.69) is 94.4 Å². The molecular weight excluding hydrogens is 1470 g/mol. The van der Waals surface area contributed by atoms with Gasteiger partial charge in [-0.15, -0.1) is 0 Å². The van der Waals surface area contributed by atoms with E-state index in [1.54, 1.807) is 38.1 Å². The number of aliphatic imine (C=N–C) groups is 2. The molecule has 24 N–H and O–H groups in total. The summed E-state index contributed by atoms with van der Waals surface area (Å²) in [4.78, 5) is 211. The summed E-state index contributed by atoms with van der Waals surface area (Å²) in [6.45, 7) is 7.02. The first-order chi connectivity index (χ1) is 51.2. The Morgan fingerprint density at radius 1 is 0.630 bits per heavy atom. The number of nitrogens with one attached hydrogen (secondary N) is 12. The van der Waals surface area contributed by atoms with Gasteiger partial charge in [0.25, 0.3) is 0 Å². The Morgan fingerprint density at radius 2 is 1.16 bits per heavy atom. The zero-order valence-corrected chi connectivity index (χ0v) is 63.5. The first-order valence-electron chi connectivity index (χ1n) is 36.5. The SMILES string of the molecule is CCCC[C@H](NC(=O)[C@@H]1CCCN1C(=O)CNC(=O)[C@H](CCCCN)NC(=O)[C@H](Cc1cnc[nH]1)NC(=O)[C@H](CO)NC(=O)[C@@H](CC(C)C)NC(=O)[C@H](CCCN=C(N)N)NC(=O)[C@@H]1CCCN1C(=O)[C@H](CCCN=C(N)N)NC(=O)[C@@H]1CCC(=O)N1)C(=O)NC(C)(C)C(=O)N[C@@H](Cc1ccc(Br)cc1)C(=O)O. The van der Waals surface area contributed by atoms with Gasteiger partial charge >= 0.3 is 5.97 Å². The van der Waals surface area contributed by atoms with Crippen LogP contribution in [0.1, 0.15) is 155 Å². The van der Waals surface area contributed by atoms with Crippen LogP contribution in [0.4, 0.5) is 0 Å². The maximum atomic E-state index is 14.5. The molecule has 598 valence electrons. The number of hydrogen-bond acceptors (Lipinski definition) is 19. The molecule has 2 aromatic rings. The van der Waals surface area contributed by atoms with Crippen molar-refractivity contribution >= 4 is 111 Å². The predicted molar refractivity (Wildman–Crippen MR) is 398 cm³/mol. The number of aliphatic hydroxyl groups is 1. The number of guanidine groups is 2. The highest BCUT2D eigenvalue weighted by Gasteiger charge is 2.43. The van der Waals surface area contributed by atoms with Crippen LogP contribution in [0.25, 0.3) is 0 Å². The summed E-state index contributed by atoms with van der Waals surface area (Å²) < 4.78 is 0.776. The Balaban J connectivity index is 1.26. The number of hydrogen-bond donors (Lipinski definition) is 19. The number of amides is 13. The molecule has 5 rings (SSSR count). The molecule has 38 nitrogen and oxygen atoms in total. The number of likely N-dealkylation sites (tertiary alicyclic amines) is 2. The van der Waals surface area contributed by atoms with Crippen LogP contribution < -0.4 is 87.2 Å². The van der Waals surface area contributed by atoms with Gasteiger partial charge in [0, 0.05) is 61.8 Å². The normalized spacial score (nSPS) is 17.7. The van der Waals surface area contributed by atoms with Crippen LogP contribution in [-0.2, 0) is 80.0 Å². The first-order valence-corrected chi connectivity index (χ1v) is 37.3. The number of aliphatic carboxylic acids is 1. The molecule has 0 radical (unpaired) electrons. The van der Waals surface area contributed by atoms with Crippen molar-refractivity contribution in [2.75, 3.05) is 45.9 Å². The minimum Gasteiger partial charge on any atom is -0.480 e. The van der Waals surface area contributed by atoms with E-state index in [9.17, 15) is 77.3 Å². The van der Waals surface area contributed by atoms with Crippen LogP contribution in [0.15, 0.2) is 51.2 Å². The molecule has 39 heteroatoms. The number of imidazole rings is 1. The van der Waals surface area contributed by atoms with Crippen LogP contribution in [0.3, 0.4) is 0 Å². The number of benzene rings is 1. The maximum Gasteiger partial charge on any atom is 0.326 e. The lowest BCUT2D eigenvalue weighted by Crippen LogP contribution is -2.62. The summed E-state index contributed by atoms with van der Waals surface area (Å²) in [7, 11) is 0. The highest BCUT2D eigenvalue weighted by atomic mass is 79.9. The molecular formula is C69H109BrN22O16. The molecule has 13 amide bonds. The molecule has 0 bridgehead atoms. The molecule has 11 atom stereocenters. The van der Waals surface area contributed by atoms with Crippen molar-refractivity contribution in [3.8, 4) is 0 Å². The summed E-state index contributed by atoms with van der Waals surface area (Å²) in [6.07, 6.45) is 6.00. The minimum absolute atomic E-state index is 0.0128. The third kappa shape index (κ3) is 28.9. The van der Waals surface area contributed by atoms with E-state index in [1.807, 2.05) is 6.92 Å². The van der Waals surface area contributed by atoms with Crippen LogP contribution in [-0.4, -0.2) is 243 Å². The van der Waals surface area contributed by atoms with E-state index in [4.69, 9.17) is 28.7 Å². The van der Waals surface area contributed by atoms with E-state index in [0.29, 0.717) is 49.8 Å². The zero-order chi connectivity index (χ0) is 79.8. The van der Waals surface area contributed by atoms with Gasteiger partial charge in [-0.05, 0) is 134 Å². The van der Waals surface area contributed by atoms with E-state index in [1.165, 1.54) is 36.2 Å². The molecule has 3 saturated heterocycles. The monoisotopic (exact) mass is 1580 g/mol. The van der Waals surface area contributed by atoms with Gasteiger partial charge in [-0.1, -0.05) is 61.7 Å². The lowest BCUT2D eigenvalue weighted by molar-refractivity contribution is -0.143. The van der Waals surface area contributed by atoms with Crippen molar-refractivity contribution in [2.24, 2.45) is 44.6 Å². The number of aromatic nitrogens is 2. The van der Waals surface area contributed by atoms with E-state index in [0.717, 1.165) is 4.47 Å². The average molecular weight is 1580 g/mol. The lowest BCUT2D eigenvalue weighted by atomic mass is 10.00. The molecule has 108 heavy (non-hydrogen) atoms. The molecule has 0 saturated carbocycles. The number of rotatable bonds is 45. The van der Waals surface area contributed by atoms with Crippen LogP contribution in [0.2, 0.25) is 0 Å². The third-order valence-corrected chi connectivity index (χ3v) is 18.9. The van der Waals surface area contributed by atoms with E-state index >= 15 is 0 Å². The second kappa shape index (κ2) is 44.3. The number of carbonyl (C=O) groups is 14. The first kappa shape index (κ1) is 88.6. The molecule has 3 aliphatic heterocycles. The minimum atomic E-state index is -1.77. The number of halogens is 1. The average Bonchev–Trinajstić information content (AvgIpc) is 1.50. The number of aliphatic hydroxyl groups excluding tert-OH is 1. The summed E-state index contributed by atoms with van der Waals surface area (Å²) in [5, 5.41) is 49.5. The molecule has 0 spiro atoms. The zero-order valence-electron chi connectivity index (χ0n) is 61.9. The van der Waals surface area contributed by atoms with Crippen LogP contribution in [0.5, 0.6) is 0 Å². The number of carboxylic acid groups (broad SMARTS) is 1. The predicted octanol–water partition coefficient (Wildman–Crippen LogP) is -4.34. The van der Waals surface area contributed by atoms with Crippen molar-refractivity contribution < 1.29 is 77.3 Å². The Kier molecular flexibility index (Phi) is 36.3. The fraction of sp³-hybridized carbons (Fsp3) is 0.638. The Labute approximate surface area is 635 Å². The van der Waals surface area contributed by atoms with Crippen LogP contribution in [0, 0.1) is 5.92 Å². The van der Waals surface area contributed by atoms with Crippen molar-refractivity contribution in [3.63, 3.8) is 0 Å². The Bertz CT molecular complexity index is 3480. The highest BCUT2D eigenvalue weighted by Crippen LogP contribution is 2.23. The smallest absolute Gasteiger partial charge is 0.326 e. The molecule has 4 heterocycles. The largest absolute Gasteiger partial charge is 0.480 e. The number of nitrogens with two attached hydrogens (primary N) is 5. The molecule has 0 aliphatic carbocycles. The quantitative estimate of drug-likeness (QED) is 0.0169. The fourth-order valence-electron chi connectivity index (χ4n) is 12.5. The lowest BCUT2D eigenvalue weighted by Gasteiger charge is -2.31. The Hall–Kier alpha value is -10.1. The van der Waals surface area contributed by atoms with Gasteiger partial charge < -0.3 is 112 Å². The maximum absolute atomic E-state index is 14.5. The summed E-state index contributed by atoms with van der Waals surface area (Å²) >= 11 is 3.34. The fourth-order valence-corrected chi connectivity index (χ4v) is 12.7. The van der Waals surface area contributed by atoms with Crippen molar-refractivity contribution in [2.45, 2.75) is 229 Å². The molecule has 3 aliphatic rings. The third-order valence-electron chi connectivity index (χ3n) is 18.4. The van der Waals surface area contributed by atoms with E-state index < -0.39 is 162 Å². The Morgan fingerprint density at radius 3 is 1.72 bits per heavy atom. The summed E-state index contributed by atoms with van der Waals surface area (Å²) in [6, 6.07) is -7.39. The standard InChI is InChI=1S/C69H109BrN22O16/c1-6-7-14-44(61(102)90-69(4,5)66(108)89-49(65(106)107)32-39-20-22-40(70)23-21-39)84-62(103)51-18-12-29-91(51)54(95)35-79-55(96)42(15-8-9-26-71)82-59(100)48(33-41-34-76-37-80-41)87-60(101)50(36-93)88-58(99)47(31-38(2)3)86-56(97)43(16-10-27-77-67(72)73)83-63(104)52-19-13-30-92(52)64(105)46(17-11-28-78-68(74)75)85-57(98)45-24-25-53(94)81-45/h20-23,34,37-38,42-52,93H,6-19,24-33,35-36,71H2,1-5H3,(H,76,80)(H,79,96)(H,81,94)(H,82,100)(H,83,104)(H,84,103)(H,85,98)(H,86,97)(H,87,101)(H,88,99)(H,89,108)(H,90,102)(H,106,107)(H4,72,73,77)(H4,74,75,78)/t42-,43-,44-,45-,46-,47+,48-,49-,50-,51-,52-/m0/s1. The molecule has 3 fully saturated rings. The van der Waals surface area contributed by atoms with E-state index in [-0.39, 0.29) is 140 Å². The summed E-state index contributed by atoms with van der Waals surface area (Å²) in [5.74, 6) is -11.8. The molecule has 1 aromatic heterocycles. The molecule has 0 unspecified atom stereocenters. The van der Waals surface area contributed by atoms with Crippen molar-refractivity contribution in [1.82, 2.24) is 78.3 Å².